The number of carbonyl (C=O) groups is 1. The van der Waals surface area contributed by atoms with Crippen LogP contribution in [0, 0.1) is 0 Å². The van der Waals surface area contributed by atoms with Gasteiger partial charge in [0.25, 0.3) is 0 Å². The van der Waals surface area contributed by atoms with Crippen molar-refractivity contribution in [2.24, 2.45) is 0 Å². The average molecular weight is 403 g/mol. The quantitative estimate of drug-likeness (QED) is 0.665. The summed E-state index contributed by atoms with van der Waals surface area (Å²) < 4.78 is 0. The second-order valence-corrected chi connectivity index (χ2v) is 8.39. The number of thioether (sulfide) groups is 1. The van der Waals surface area contributed by atoms with Gasteiger partial charge in [-0.15, -0.1) is 24.2 Å². The molecule has 1 amide bonds. The Kier molecular flexibility index (Phi) is 8.40. The second kappa shape index (κ2) is 10.1. The number of rotatable bonds is 5. The normalized spacial score (nSPS) is 23.9. The fourth-order valence-corrected chi connectivity index (χ4v) is 4.95. The molecule has 0 aromatic heterocycles. The molecule has 6 heteroatoms. The third-order valence-electron chi connectivity index (χ3n) is 5.37. The molecule has 2 atom stereocenters. The number of carbonyl (C=O) groups excluding carboxylic acids is 1. The Morgan fingerprint density at radius 1 is 1.16 bits per heavy atom. The Labute approximate surface area is 166 Å². The van der Waals surface area contributed by atoms with E-state index >= 15 is 0 Å². The molecule has 1 aromatic carbocycles. The van der Waals surface area contributed by atoms with Crippen molar-refractivity contribution < 1.29 is 4.79 Å². The highest BCUT2D eigenvalue weighted by molar-refractivity contribution is 8.00. The summed E-state index contributed by atoms with van der Waals surface area (Å²) in [5.74, 6) is 0.743. The lowest BCUT2D eigenvalue weighted by Crippen LogP contribution is -2.53. The first-order valence-electron chi connectivity index (χ1n) is 9.03. The van der Waals surface area contributed by atoms with Crippen LogP contribution in [0.1, 0.15) is 38.5 Å². The number of amides is 1. The van der Waals surface area contributed by atoms with Crippen molar-refractivity contribution in [1.29, 1.82) is 0 Å². The topological polar surface area (TPSA) is 23.6 Å². The van der Waals surface area contributed by atoms with Gasteiger partial charge in [-0.05, 0) is 63.0 Å². The van der Waals surface area contributed by atoms with Gasteiger partial charge in [-0.3, -0.25) is 9.69 Å². The van der Waals surface area contributed by atoms with Gasteiger partial charge in [0.15, 0.2) is 0 Å². The molecule has 1 aliphatic heterocycles. The summed E-state index contributed by atoms with van der Waals surface area (Å²) in [6.45, 7) is 2.42. The minimum atomic E-state index is 0. The van der Waals surface area contributed by atoms with Crippen LogP contribution in [0.4, 0.5) is 0 Å². The summed E-state index contributed by atoms with van der Waals surface area (Å²) >= 11 is 7.52. The van der Waals surface area contributed by atoms with Crippen molar-refractivity contribution in [3.05, 3.63) is 29.3 Å². The third kappa shape index (κ3) is 5.53. The summed E-state index contributed by atoms with van der Waals surface area (Å²) in [6, 6.07) is 8.67. The summed E-state index contributed by atoms with van der Waals surface area (Å²) in [7, 11) is 2.00. The molecule has 140 valence electrons. The van der Waals surface area contributed by atoms with Gasteiger partial charge >= 0.3 is 0 Å². The van der Waals surface area contributed by atoms with Crippen LogP contribution in [0.25, 0.3) is 0 Å². The van der Waals surface area contributed by atoms with Crippen molar-refractivity contribution in [3.8, 4) is 0 Å². The summed E-state index contributed by atoms with van der Waals surface area (Å²) in [6.07, 6.45) is 7.57. The highest BCUT2D eigenvalue weighted by Crippen LogP contribution is 2.30. The van der Waals surface area contributed by atoms with Crippen molar-refractivity contribution in [2.75, 3.05) is 25.9 Å². The number of halogens is 2. The van der Waals surface area contributed by atoms with E-state index in [1.165, 1.54) is 45.2 Å². The molecule has 3 nitrogen and oxygen atoms in total. The lowest BCUT2D eigenvalue weighted by Gasteiger charge is -2.42. The Balaban J connectivity index is 0.00000225. The van der Waals surface area contributed by atoms with Gasteiger partial charge in [0.05, 0.1) is 5.75 Å². The minimum Gasteiger partial charge on any atom is -0.340 e. The molecular formula is C19H28Cl2N2OS. The highest BCUT2D eigenvalue weighted by atomic mass is 35.5. The summed E-state index contributed by atoms with van der Waals surface area (Å²) in [5, 5.41) is 0.735. The van der Waals surface area contributed by atoms with E-state index in [2.05, 4.69) is 4.90 Å². The van der Waals surface area contributed by atoms with Gasteiger partial charge in [-0.1, -0.05) is 24.4 Å². The van der Waals surface area contributed by atoms with Crippen LogP contribution < -0.4 is 0 Å². The van der Waals surface area contributed by atoms with E-state index in [9.17, 15) is 4.79 Å². The van der Waals surface area contributed by atoms with Crippen molar-refractivity contribution in [3.63, 3.8) is 0 Å². The van der Waals surface area contributed by atoms with Gasteiger partial charge < -0.3 is 4.90 Å². The molecule has 0 N–H and O–H groups in total. The molecule has 2 unspecified atom stereocenters. The smallest absolute Gasteiger partial charge is 0.232 e. The number of hydrogen-bond donors (Lipinski definition) is 0. The Morgan fingerprint density at radius 3 is 2.48 bits per heavy atom. The van der Waals surface area contributed by atoms with Crippen LogP contribution in [0.3, 0.4) is 0 Å². The summed E-state index contributed by atoms with van der Waals surface area (Å²) in [5.41, 5.74) is 0. The molecule has 1 saturated heterocycles. The van der Waals surface area contributed by atoms with Gasteiger partial charge in [0, 0.05) is 29.0 Å². The molecule has 0 bridgehead atoms. The van der Waals surface area contributed by atoms with E-state index in [4.69, 9.17) is 11.6 Å². The average Bonchev–Trinajstić information content (AvgIpc) is 3.15. The molecular weight excluding hydrogens is 375 g/mol. The fourth-order valence-electron chi connectivity index (χ4n) is 4.01. The molecule has 1 aromatic rings. The second-order valence-electron chi connectivity index (χ2n) is 6.91. The molecule has 2 fully saturated rings. The number of hydrogen-bond acceptors (Lipinski definition) is 3. The molecule has 1 saturated carbocycles. The van der Waals surface area contributed by atoms with Gasteiger partial charge in [-0.25, -0.2) is 0 Å². The van der Waals surface area contributed by atoms with E-state index in [0.717, 1.165) is 16.3 Å². The monoisotopic (exact) mass is 402 g/mol. The van der Waals surface area contributed by atoms with Crippen molar-refractivity contribution in [1.82, 2.24) is 9.80 Å². The minimum absolute atomic E-state index is 0. The van der Waals surface area contributed by atoms with E-state index in [-0.39, 0.29) is 18.3 Å². The van der Waals surface area contributed by atoms with Crippen LogP contribution in [-0.2, 0) is 4.79 Å². The fraction of sp³-hybridized carbons (Fsp3) is 0.632. The van der Waals surface area contributed by atoms with E-state index in [1.54, 1.807) is 11.8 Å². The van der Waals surface area contributed by atoms with Gasteiger partial charge in [-0.2, -0.15) is 0 Å². The molecule has 1 aliphatic carbocycles. The van der Waals surface area contributed by atoms with Gasteiger partial charge in [0.2, 0.25) is 5.91 Å². The lowest BCUT2D eigenvalue weighted by atomic mass is 9.88. The number of nitrogens with zero attached hydrogens (tertiary/aromatic N) is 2. The van der Waals surface area contributed by atoms with Crippen LogP contribution >= 0.6 is 35.8 Å². The molecule has 0 radical (unpaired) electrons. The van der Waals surface area contributed by atoms with Crippen LogP contribution in [0.15, 0.2) is 29.2 Å². The van der Waals surface area contributed by atoms with Crippen molar-refractivity contribution in [2.45, 2.75) is 55.5 Å². The molecule has 25 heavy (non-hydrogen) atoms. The van der Waals surface area contributed by atoms with Crippen molar-refractivity contribution >= 4 is 41.7 Å². The van der Waals surface area contributed by atoms with Crippen LogP contribution in [-0.4, -0.2) is 53.7 Å². The zero-order valence-corrected chi connectivity index (χ0v) is 17.2. The van der Waals surface area contributed by atoms with E-state index in [1.807, 2.05) is 36.2 Å². The predicted molar refractivity (Wildman–Crippen MR) is 109 cm³/mol. The number of likely N-dealkylation sites (N-methyl/N-ethyl adjacent to an activating group) is 1. The maximum atomic E-state index is 12.7. The number of benzene rings is 1. The third-order valence-corrected chi connectivity index (χ3v) is 6.62. The van der Waals surface area contributed by atoms with Gasteiger partial charge in [0.1, 0.15) is 0 Å². The largest absolute Gasteiger partial charge is 0.340 e. The number of likely N-dealkylation sites (tertiary alicyclic amines) is 1. The Morgan fingerprint density at radius 2 is 1.80 bits per heavy atom. The highest BCUT2D eigenvalue weighted by Gasteiger charge is 2.35. The Hall–Kier alpha value is -0.420. The predicted octanol–water partition coefficient (Wildman–Crippen LogP) is 4.72. The molecule has 0 spiro atoms. The first kappa shape index (κ1) is 20.9. The summed E-state index contributed by atoms with van der Waals surface area (Å²) in [4.78, 5) is 18.5. The Bertz CT molecular complexity index is 549. The maximum Gasteiger partial charge on any atom is 0.232 e. The SMILES string of the molecule is CN(C(=O)CSc1ccc(Cl)cc1)C1CCCCC1N1CCCC1.Cl. The molecule has 2 aliphatic rings. The maximum absolute atomic E-state index is 12.7. The zero-order chi connectivity index (χ0) is 16.9. The van der Waals surface area contributed by atoms with E-state index in [0.29, 0.717) is 17.8 Å². The standard InChI is InChI=1S/C19H27ClN2OS.ClH/c1-21(19(23)14-24-16-10-8-15(20)9-11-16)17-6-2-3-7-18(17)22-12-4-5-13-22;/h8-11,17-18H,2-7,12-14H2,1H3;1H. The zero-order valence-electron chi connectivity index (χ0n) is 14.8. The lowest BCUT2D eigenvalue weighted by molar-refractivity contribution is -0.131. The first-order chi connectivity index (χ1) is 11.6. The molecule has 3 rings (SSSR count). The van der Waals surface area contributed by atoms with Crippen LogP contribution in [0.2, 0.25) is 5.02 Å². The van der Waals surface area contributed by atoms with E-state index < -0.39 is 0 Å². The molecule has 1 heterocycles. The van der Waals surface area contributed by atoms with Crippen LogP contribution in [0.5, 0.6) is 0 Å². The first-order valence-corrected chi connectivity index (χ1v) is 10.4.